The molecule has 2 aromatic rings. The molecule has 2 heterocycles. The summed E-state index contributed by atoms with van der Waals surface area (Å²) in [6.45, 7) is 11.6. The average molecular weight is 521 g/mol. The van der Waals surface area contributed by atoms with Crippen molar-refractivity contribution in [1.82, 2.24) is 15.3 Å². The molecule has 0 saturated carbocycles. The molecule has 2 rings (SSSR count). The first kappa shape index (κ1) is 29.6. The number of nitrogens with two attached hydrogens (primary N) is 1. The van der Waals surface area contributed by atoms with Crippen molar-refractivity contribution in [3.63, 3.8) is 0 Å². The van der Waals surface area contributed by atoms with Crippen LogP contribution in [0.4, 0.5) is 26.5 Å². The Morgan fingerprint density at radius 2 is 1.84 bits per heavy atom. The largest absolute Gasteiger partial charge is 0.475 e. The Labute approximate surface area is 216 Å². The Kier molecular flexibility index (Phi) is 10.4. The molecule has 0 unspecified atom stereocenters. The van der Waals surface area contributed by atoms with E-state index in [0.717, 1.165) is 6.07 Å². The molecule has 0 aliphatic carbocycles. The second-order valence-corrected chi connectivity index (χ2v) is 9.78. The highest BCUT2D eigenvalue weighted by molar-refractivity contribution is 5.98. The van der Waals surface area contributed by atoms with E-state index in [4.69, 9.17) is 19.9 Å². The number of methoxy groups -OCH3 is 1. The van der Waals surface area contributed by atoms with Gasteiger partial charge in [0.2, 0.25) is 5.88 Å². The molecule has 0 bridgehead atoms. The Morgan fingerprint density at radius 3 is 2.43 bits per heavy atom. The second kappa shape index (κ2) is 13.0. The highest BCUT2D eigenvalue weighted by atomic mass is 19.1. The van der Waals surface area contributed by atoms with Crippen LogP contribution in [0.1, 0.15) is 51.9 Å². The van der Waals surface area contributed by atoms with Crippen LogP contribution in [0.2, 0.25) is 0 Å². The number of nitrogens with one attached hydrogen (secondary N) is 3. The molecule has 0 aromatic carbocycles. The van der Waals surface area contributed by atoms with E-state index in [1.807, 2.05) is 13.8 Å². The van der Waals surface area contributed by atoms with Crippen molar-refractivity contribution in [2.75, 3.05) is 31.0 Å². The van der Waals surface area contributed by atoms with E-state index in [2.05, 4.69) is 25.9 Å². The van der Waals surface area contributed by atoms with Gasteiger partial charge in [-0.05, 0) is 45.7 Å². The van der Waals surface area contributed by atoms with Crippen molar-refractivity contribution in [3.8, 4) is 5.88 Å². The third-order valence-electron chi connectivity index (χ3n) is 5.08. The SMILES string of the molecule is COCCOc1cc(Nc2nc(N[C@H](C(C)C)[C@H](C)NC(=O)OC(C)(C)C)c(F)cc2C(N)=O)ccn1. The van der Waals surface area contributed by atoms with Crippen LogP contribution in [0.25, 0.3) is 0 Å². The quantitative estimate of drug-likeness (QED) is 0.306. The lowest BCUT2D eigenvalue weighted by Gasteiger charge is -2.31. The molecule has 0 spiro atoms. The zero-order valence-electron chi connectivity index (χ0n) is 22.3. The summed E-state index contributed by atoms with van der Waals surface area (Å²) in [5.41, 5.74) is 5.18. The summed E-state index contributed by atoms with van der Waals surface area (Å²) in [4.78, 5) is 32.7. The van der Waals surface area contributed by atoms with Crippen LogP contribution in [0.3, 0.4) is 0 Å². The molecule has 0 aliphatic rings. The third kappa shape index (κ3) is 9.37. The number of aromatic nitrogens is 2. The zero-order valence-corrected chi connectivity index (χ0v) is 22.3. The maximum atomic E-state index is 15.0. The molecule has 2 atom stereocenters. The molecule has 11 nitrogen and oxygen atoms in total. The summed E-state index contributed by atoms with van der Waals surface area (Å²) < 4.78 is 30.8. The smallest absolute Gasteiger partial charge is 0.407 e. The number of nitrogens with zero attached hydrogens (tertiary/aromatic N) is 2. The number of halogens is 1. The molecule has 0 radical (unpaired) electrons. The van der Waals surface area contributed by atoms with E-state index in [1.165, 1.54) is 6.20 Å². The van der Waals surface area contributed by atoms with Gasteiger partial charge in [-0.2, -0.15) is 0 Å². The van der Waals surface area contributed by atoms with Crippen LogP contribution in [0.15, 0.2) is 24.4 Å². The van der Waals surface area contributed by atoms with Gasteiger partial charge >= 0.3 is 6.09 Å². The summed E-state index contributed by atoms with van der Waals surface area (Å²) in [5.74, 6) is -1.41. The summed E-state index contributed by atoms with van der Waals surface area (Å²) >= 11 is 0. The predicted octanol–water partition coefficient (Wildman–Crippen LogP) is 3.83. The van der Waals surface area contributed by atoms with Gasteiger partial charge < -0.3 is 35.9 Å². The van der Waals surface area contributed by atoms with Gasteiger partial charge in [-0.1, -0.05) is 13.8 Å². The minimum Gasteiger partial charge on any atom is -0.475 e. The van der Waals surface area contributed by atoms with E-state index in [0.29, 0.717) is 24.8 Å². The van der Waals surface area contributed by atoms with Crippen molar-refractivity contribution >= 4 is 29.3 Å². The maximum Gasteiger partial charge on any atom is 0.407 e. The molecule has 12 heteroatoms. The fourth-order valence-electron chi connectivity index (χ4n) is 3.42. The first-order valence-corrected chi connectivity index (χ1v) is 11.9. The molecule has 5 N–H and O–H groups in total. The van der Waals surface area contributed by atoms with E-state index in [-0.39, 0.29) is 23.1 Å². The fraction of sp³-hybridized carbons (Fsp3) is 0.520. The summed E-state index contributed by atoms with van der Waals surface area (Å²) in [5, 5.41) is 8.81. The molecule has 2 amide bonds. The molecule has 37 heavy (non-hydrogen) atoms. The zero-order chi connectivity index (χ0) is 27.8. The number of carbonyl (C=O) groups excluding carboxylic acids is 2. The Morgan fingerprint density at radius 1 is 1.14 bits per heavy atom. The van der Waals surface area contributed by atoms with Crippen molar-refractivity contribution in [2.24, 2.45) is 11.7 Å². The van der Waals surface area contributed by atoms with Gasteiger partial charge in [0.1, 0.15) is 18.0 Å². The maximum absolute atomic E-state index is 15.0. The van der Waals surface area contributed by atoms with Gasteiger partial charge in [0.25, 0.3) is 5.91 Å². The van der Waals surface area contributed by atoms with Crippen LogP contribution in [-0.2, 0) is 9.47 Å². The van der Waals surface area contributed by atoms with Gasteiger partial charge in [-0.15, -0.1) is 0 Å². The average Bonchev–Trinajstić information content (AvgIpc) is 2.77. The van der Waals surface area contributed by atoms with Gasteiger partial charge in [0, 0.05) is 37.1 Å². The number of carbonyl (C=O) groups is 2. The lowest BCUT2D eigenvalue weighted by atomic mass is 9.97. The lowest BCUT2D eigenvalue weighted by molar-refractivity contribution is 0.0499. The molecule has 204 valence electrons. The number of alkyl carbamates (subject to hydrolysis) is 1. The van der Waals surface area contributed by atoms with Crippen molar-refractivity contribution < 1.29 is 28.2 Å². The number of pyridine rings is 2. The number of hydrogen-bond acceptors (Lipinski definition) is 9. The molecule has 2 aromatic heterocycles. The van der Waals surface area contributed by atoms with E-state index in [1.54, 1.807) is 46.9 Å². The minimum atomic E-state index is -0.855. The minimum absolute atomic E-state index is 0.0367. The molecule has 0 fully saturated rings. The van der Waals surface area contributed by atoms with Crippen LogP contribution in [0.5, 0.6) is 5.88 Å². The number of amides is 2. The Balaban J connectivity index is 2.30. The second-order valence-electron chi connectivity index (χ2n) is 9.78. The number of anilines is 3. The molecular weight excluding hydrogens is 483 g/mol. The monoisotopic (exact) mass is 520 g/mol. The first-order valence-electron chi connectivity index (χ1n) is 11.9. The van der Waals surface area contributed by atoms with Gasteiger partial charge in [0.05, 0.1) is 12.2 Å². The molecule has 0 aliphatic heterocycles. The Bertz CT molecular complexity index is 1080. The summed E-state index contributed by atoms with van der Waals surface area (Å²) in [7, 11) is 1.56. The first-order chi connectivity index (χ1) is 17.3. The van der Waals surface area contributed by atoms with E-state index < -0.39 is 35.5 Å². The number of ether oxygens (including phenoxy) is 3. The van der Waals surface area contributed by atoms with E-state index >= 15 is 4.39 Å². The Hall–Kier alpha value is -3.67. The third-order valence-corrected chi connectivity index (χ3v) is 5.08. The standard InChI is InChI=1S/C25H37FN6O5/c1-14(2)20(15(3)29-24(34)37-25(4,5)6)31-23-18(26)13-17(21(27)33)22(32-23)30-16-8-9-28-19(12-16)36-11-10-35-7/h8-9,12-15,20H,10-11H2,1-7H3,(H2,27,33)(H,29,34)(H2,28,30,31,32)/t15-,20+/m0/s1. The van der Waals surface area contributed by atoms with Crippen molar-refractivity contribution in [1.29, 1.82) is 0 Å². The van der Waals surface area contributed by atoms with Crippen LogP contribution in [0, 0.1) is 11.7 Å². The van der Waals surface area contributed by atoms with Crippen LogP contribution >= 0.6 is 0 Å². The molecular formula is C25H37FN6O5. The highest BCUT2D eigenvalue weighted by Crippen LogP contribution is 2.26. The number of primary amides is 1. The number of rotatable bonds is 12. The normalized spacial score (nSPS) is 13.0. The lowest BCUT2D eigenvalue weighted by Crippen LogP contribution is -2.49. The topological polar surface area (TPSA) is 150 Å². The van der Waals surface area contributed by atoms with Crippen molar-refractivity contribution in [3.05, 3.63) is 35.8 Å². The number of hydrogen-bond donors (Lipinski definition) is 4. The predicted molar refractivity (Wildman–Crippen MR) is 139 cm³/mol. The van der Waals surface area contributed by atoms with Gasteiger partial charge in [-0.25, -0.2) is 19.2 Å². The van der Waals surface area contributed by atoms with E-state index in [9.17, 15) is 9.59 Å². The highest BCUT2D eigenvalue weighted by Gasteiger charge is 2.27. The van der Waals surface area contributed by atoms with Gasteiger partial charge in [0.15, 0.2) is 11.6 Å². The van der Waals surface area contributed by atoms with Gasteiger partial charge in [-0.3, -0.25) is 4.79 Å². The summed E-state index contributed by atoms with van der Waals surface area (Å²) in [6, 6.07) is 3.37. The summed E-state index contributed by atoms with van der Waals surface area (Å²) in [6.07, 6.45) is 0.920. The van der Waals surface area contributed by atoms with Crippen LogP contribution < -0.4 is 26.4 Å². The van der Waals surface area contributed by atoms with Crippen molar-refractivity contribution in [2.45, 2.75) is 59.2 Å². The fourth-order valence-corrected chi connectivity index (χ4v) is 3.42. The van der Waals surface area contributed by atoms with Crippen LogP contribution in [-0.4, -0.2) is 60.0 Å². The molecule has 0 saturated heterocycles.